The van der Waals surface area contributed by atoms with Crippen molar-refractivity contribution < 1.29 is 14.3 Å². The Kier molecular flexibility index (Phi) is 4.39. The van der Waals surface area contributed by atoms with Crippen molar-refractivity contribution in [2.24, 2.45) is 0 Å². The van der Waals surface area contributed by atoms with Gasteiger partial charge in [-0.1, -0.05) is 24.6 Å². The lowest BCUT2D eigenvalue weighted by atomic mass is 10.2. The number of benzene rings is 1. The molecule has 4 nitrogen and oxygen atoms in total. The van der Waals surface area contributed by atoms with Gasteiger partial charge in [0.2, 0.25) is 0 Å². The number of halogens is 2. The maximum absolute atomic E-state index is 13.9. The molecule has 0 spiro atoms. The Morgan fingerprint density at radius 3 is 2.86 bits per heavy atom. The molecule has 0 bridgehead atoms. The summed E-state index contributed by atoms with van der Waals surface area (Å²) in [6, 6.07) is 3.54. The molecule has 112 valence electrons. The summed E-state index contributed by atoms with van der Waals surface area (Å²) in [6.07, 6.45) is 4.39. The van der Waals surface area contributed by atoms with Gasteiger partial charge in [0.1, 0.15) is 5.82 Å². The van der Waals surface area contributed by atoms with Crippen LogP contribution >= 0.6 is 34.4 Å². The highest BCUT2D eigenvalue weighted by atomic mass is 127. The van der Waals surface area contributed by atoms with E-state index >= 15 is 0 Å². The number of thioether (sulfide) groups is 1. The Balaban J connectivity index is 2.10. The molecule has 1 saturated carbocycles. The predicted octanol–water partition coefficient (Wildman–Crippen LogP) is 4.07. The fraction of sp³-hybridized carbons (Fsp3) is 0.429. The Morgan fingerprint density at radius 1 is 1.48 bits per heavy atom. The highest BCUT2D eigenvalue weighted by molar-refractivity contribution is 14.1. The van der Waals surface area contributed by atoms with Gasteiger partial charge in [0.25, 0.3) is 0 Å². The van der Waals surface area contributed by atoms with Crippen LogP contribution in [0.25, 0.3) is 11.0 Å². The summed E-state index contributed by atoms with van der Waals surface area (Å²) in [5.41, 5.74) is 1.51. The standard InChI is InChI=1S/C14H14FIN2O2S/c15-9-5-12-11(6-10(9)16)17-14(21-7-13(19)20)18(12)8-3-1-2-4-8/h5-6,8H,1-4,7H2,(H,19,20). The van der Waals surface area contributed by atoms with E-state index in [1.54, 1.807) is 6.07 Å². The zero-order chi connectivity index (χ0) is 15.0. The SMILES string of the molecule is O=C(O)CSc1nc2cc(I)c(F)cc2n1C1CCCC1. The number of rotatable bonds is 4. The molecule has 7 heteroatoms. The van der Waals surface area contributed by atoms with Crippen molar-refractivity contribution in [2.75, 3.05) is 5.75 Å². The van der Waals surface area contributed by atoms with Crippen LogP contribution in [-0.2, 0) is 4.79 Å². The lowest BCUT2D eigenvalue weighted by molar-refractivity contribution is -0.133. The van der Waals surface area contributed by atoms with Crippen LogP contribution < -0.4 is 0 Å². The van der Waals surface area contributed by atoms with Gasteiger partial charge < -0.3 is 9.67 Å². The molecule has 2 aromatic rings. The number of fused-ring (bicyclic) bond motifs is 1. The van der Waals surface area contributed by atoms with Crippen LogP contribution in [0.3, 0.4) is 0 Å². The van der Waals surface area contributed by atoms with E-state index in [0.717, 1.165) is 36.7 Å². The first kappa shape index (κ1) is 15.1. The number of hydrogen-bond acceptors (Lipinski definition) is 3. The van der Waals surface area contributed by atoms with Crippen molar-refractivity contribution in [3.8, 4) is 0 Å². The van der Waals surface area contributed by atoms with Crippen molar-refractivity contribution in [3.63, 3.8) is 0 Å². The number of carboxylic acids is 1. The highest BCUT2D eigenvalue weighted by Crippen LogP contribution is 2.37. The molecule has 1 heterocycles. The maximum atomic E-state index is 13.9. The molecule has 0 amide bonds. The minimum atomic E-state index is -0.870. The van der Waals surface area contributed by atoms with E-state index in [0.29, 0.717) is 14.8 Å². The summed E-state index contributed by atoms with van der Waals surface area (Å²) in [4.78, 5) is 15.3. The van der Waals surface area contributed by atoms with Gasteiger partial charge in [0.15, 0.2) is 5.16 Å². The lowest BCUT2D eigenvalue weighted by Gasteiger charge is -2.15. The second-order valence-corrected chi connectivity index (χ2v) is 7.24. The van der Waals surface area contributed by atoms with E-state index in [2.05, 4.69) is 4.98 Å². The van der Waals surface area contributed by atoms with Crippen molar-refractivity contribution in [3.05, 3.63) is 21.5 Å². The molecule has 1 aliphatic rings. The van der Waals surface area contributed by atoms with E-state index in [9.17, 15) is 9.18 Å². The van der Waals surface area contributed by atoms with Gasteiger partial charge in [-0.25, -0.2) is 9.37 Å². The van der Waals surface area contributed by atoms with Crippen LogP contribution in [0.15, 0.2) is 17.3 Å². The third-order valence-electron chi connectivity index (χ3n) is 3.71. The molecular formula is C14H14FIN2O2S. The molecule has 0 radical (unpaired) electrons. The van der Waals surface area contributed by atoms with Gasteiger partial charge >= 0.3 is 5.97 Å². The first-order valence-corrected chi connectivity index (χ1v) is 8.84. The van der Waals surface area contributed by atoms with Crippen molar-refractivity contribution in [1.29, 1.82) is 0 Å². The lowest BCUT2D eigenvalue weighted by Crippen LogP contribution is -2.08. The molecule has 1 fully saturated rings. The van der Waals surface area contributed by atoms with Gasteiger partial charge in [0.05, 0.1) is 20.4 Å². The summed E-state index contributed by atoms with van der Waals surface area (Å²) >= 11 is 3.16. The molecule has 0 atom stereocenters. The van der Waals surface area contributed by atoms with E-state index in [-0.39, 0.29) is 11.6 Å². The minimum Gasteiger partial charge on any atom is -0.481 e. The largest absolute Gasteiger partial charge is 0.481 e. The smallest absolute Gasteiger partial charge is 0.313 e. The Morgan fingerprint density at radius 2 is 2.19 bits per heavy atom. The summed E-state index contributed by atoms with van der Waals surface area (Å²) in [6.45, 7) is 0. The number of imidazole rings is 1. The first-order valence-electron chi connectivity index (χ1n) is 6.78. The Hall–Kier alpha value is -0.830. The van der Waals surface area contributed by atoms with E-state index in [1.165, 1.54) is 17.8 Å². The van der Waals surface area contributed by atoms with Crippen LogP contribution in [-0.4, -0.2) is 26.4 Å². The van der Waals surface area contributed by atoms with Crippen molar-refractivity contribution in [1.82, 2.24) is 9.55 Å². The second-order valence-electron chi connectivity index (χ2n) is 5.14. The molecule has 1 N–H and O–H groups in total. The van der Waals surface area contributed by atoms with Gasteiger partial charge in [-0.05, 0) is 41.5 Å². The molecule has 3 rings (SSSR count). The zero-order valence-corrected chi connectivity index (χ0v) is 14.2. The first-order chi connectivity index (χ1) is 10.1. The number of carbonyl (C=O) groups is 1. The topological polar surface area (TPSA) is 55.1 Å². The Labute approximate surface area is 139 Å². The summed E-state index contributed by atoms with van der Waals surface area (Å²) in [7, 11) is 0. The monoisotopic (exact) mass is 420 g/mol. The molecule has 0 saturated heterocycles. The summed E-state index contributed by atoms with van der Waals surface area (Å²) in [5, 5.41) is 9.56. The highest BCUT2D eigenvalue weighted by Gasteiger charge is 2.24. The predicted molar refractivity (Wildman–Crippen MR) is 88.3 cm³/mol. The average Bonchev–Trinajstić information content (AvgIpc) is 3.04. The zero-order valence-electron chi connectivity index (χ0n) is 11.2. The molecule has 0 aliphatic heterocycles. The van der Waals surface area contributed by atoms with Gasteiger partial charge in [-0.3, -0.25) is 4.79 Å². The maximum Gasteiger partial charge on any atom is 0.313 e. The van der Waals surface area contributed by atoms with Crippen LogP contribution in [0.4, 0.5) is 4.39 Å². The molecule has 0 unspecified atom stereocenters. The van der Waals surface area contributed by atoms with Crippen LogP contribution in [0, 0.1) is 9.39 Å². The van der Waals surface area contributed by atoms with E-state index < -0.39 is 5.97 Å². The van der Waals surface area contributed by atoms with Gasteiger partial charge in [-0.15, -0.1) is 0 Å². The summed E-state index contributed by atoms with van der Waals surface area (Å²) < 4.78 is 16.5. The molecular weight excluding hydrogens is 406 g/mol. The molecule has 1 aromatic heterocycles. The number of carboxylic acid groups (broad SMARTS) is 1. The van der Waals surface area contributed by atoms with E-state index in [1.807, 2.05) is 27.2 Å². The average molecular weight is 420 g/mol. The fourth-order valence-corrected chi connectivity index (χ4v) is 4.06. The normalized spacial score (nSPS) is 15.9. The van der Waals surface area contributed by atoms with Crippen LogP contribution in [0.1, 0.15) is 31.7 Å². The molecule has 1 aromatic carbocycles. The molecule has 21 heavy (non-hydrogen) atoms. The third kappa shape index (κ3) is 3.03. The second kappa shape index (κ2) is 6.12. The van der Waals surface area contributed by atoms with Crippen LogP contribution in [0.5, 0.6) is 0 Å². The van der Waals surface area contributed by atoms with E-state index in [4.69, 9.17) is 5.11 Å². The fourth-order valence-electron chi connectivity index (χ4n) is 2.81. The summed E-state index contributed by atoms with van der Waals surface area (Å²) in [5.74, 6) is -1.15. The van der Waals surface area contributed by atoms with Gasteiger partial charge in [0, 0.05) is 12.1 Å². The van der Waals surface area contributed by atoms with Crippen molar-refractivity contribution in [2.45, 2.75) is 36.9 Å². The minimum absolute atomic E-state index is 0.0321. The quantitative estimate of drug-likeness (QED) is 0.599. The third-order valence-corrected chi connectivity index (χ3v) is 5.48. The van der Waals surface area contributed by atoms with Crippen molar-refractivity contribution >= 4 is 51.4 Å². The number of hydrogen-bond donors (Lipinski definition) is 1. The van der Waals surface area contributed by atoms with Crippen LogP contribution in [0.2, 0.25) is 0 Å². The number of nitrogens with zero attached hydrogens (tertiary/aromatic N) is 2. The Bertz CT molecular complexity index is 698. The van der Waals surface area contributed by atoms with Gasteiger partial charge in [-0.2, -0.15) is 0 Å². The number of aliphatic carboxylic acids is 1. The molecule has 1 aliphatic carbocycles. The number of aromatic nitrogens is 2.